The van der Waals surface area contributed by atoms with Gasteiger partial charge in [0.2, 0.25) is 29.5 Å². The summed E-state index contributed by atoms with van der Waals surface area (Å²) < 4.78 is 52.6. The Morgan fingerprint density at radius 2 is 0.676 bits per heavy atom. The molecule has 31 heteroatoms. The Balaban J connectivity index is 1.38. The van der Waals surface area contributed by atoms with E-state index < -0.39 is 216 Å². The van der Waals surface area contributed by atoms with E-state index in [0.29, 0.717) is 0 Å². The Morgan fingerprint density at radius 3 is 1.04 bits per heavy atom. The molecule has 5 fully saturated rings. The van der Waals surface area contributed by atoms with Gasteiger partial charge < -0.3 is 130 Å². The summed E-state index contributed by atoms with van der Waals surface area (Å²) in [6.07, 6.45) is -34.8. The number of aliphatic hydroxyl groups is 12. The number of rotatable bonds is 18. The second kappa shape index (κ2) is 25.6. The fourth-order valence-corrected chi connectivity index (χ4v) is 8.95. The first kappa shape index (κ1) is 58.4. The molecule has 5 heterocycles. The molecular formula is C40H67N5O26. The zero-order valence-electron chi connectivity index (χ0n) is 39.1. The highest BCUT2D eigenvalue weighted by Gasteiger charge is 2.56. The van der Waals surface area contributed by atoms with Crippen molar-refractivity contribution < 1.29 is 128 Å². The first-order valence-corrected chi connectivity index (χ1v) is 22.5. The zero-order chi connectivity index (χ0) is 52.8. The van der Waals surface area contributed by atoms with Crippen LogP contribution in [0.3, 0.4) is 0 Å². The van der Waals surface area contributed by atoms with Crippen molar-refractivity contribution in [1.29, 1.82) is 0 Å². The molecule has 0 aromatic heterocycles. The molecule has 71 heavy (non-hydrogen) atoms. The molecule has 0 unspecified atom stereocenters. The summed E-state index contributed by atoms with van der Waals surface area (Å²) in [6, 6.07) is -7.95. The Bertz CT molecular complexity index is 1790. The van der Waals surface area contributed by atoms with Crippen molar-refractivity contribution in [3.05, 3.63) is 0 Å². The van der Waals surface area contributed by atoms with Gasteiger partial charge in [-0.1, -0.05) is 0 Å². The maximum atomic E-state index is 12.6. The van der Waals surface area contributed by atoms with Gasteiger partial charge in [-0.2, -0.15) is 0 Å². The smallest absolute Gasteiger partial charge is 0.217 e. The van der Waals surface area contributed by atoms with Gasteiger partial charge >= 0.3 is 0 Å². The molecule has 5 aliphatic rings. The number of hydrogen-bond acceptors (Lipinski definition) is 26. The molecule has 5 aliphatic heterocycles. The quantitative estimate of drug-likeness (QED) is 0.0606. The van der Waals surface area contributed by atoms with E-state index in [4.69, 9.17) is 42.6 Å². The van der Waals surface area contributed by atoms with Crippen molar-refractivity contribution in [3.8, 4) is 0 Å². The molecule has 0 aromatic carbocycles. The van der Waals surface area contributed by atoms with Crippen LogP contribution in [0.15, 0.2) is 0 Å². The van der Waals surface area contributed by atoms with E-state index >= 15 is 0 Å². The second-order valence-corrected chi connectivity index (χ2v) is 17.7. The molecule has 17 N–H and O–H groups in total. The van der Waals surface area contributed by atoms with Crippen molar-refractivity contribution >= 4 is 29.5 Å². The predicted octanol–water partition coefficient (Wildman–Crippen LogP) is -11.2. The molecule has 408 valence electrons. The number of carbonyl (C=O) groups is 5. The molecule has 0 bridgehead atoms. The van der Waals surface area contributed by atoms with E-state index in [1.165, 1.54) is 0 Å². The lowest BCUT2D eigenvalue weighted by atomic mass is 9.93. The van der Waals surface area contributed by atoms with E-state index in [9.17, 15) is 85.3 Å². The Labute approximate surface area is 404 Å². The van der Waals surface area contributed by atoms with E-state index in [1.807, 2.05) is 0 Å². The Morgan fingerprint density at radius 1 is 0.366 bits per heavy atom. The molecular weight excluding hydrogens is 966 g/mol. The number of aliphatic hydroxyl groups excluding tert-OH is 12. The first-order chi connectivity index (χ1) is 33.5. The molecule has 0 aliphatic carbocycles. The summed E-state index contributed by atoms with van der Waals surface area (Å²) in [4.78, 5) is 61.5. The minimum absolute atomic E-state index is 0.700. The third-order valence-corrected chi connectivity index (χ3v) is 12.3. The van der Waals surface area contributed by atoms with E-state index in [2.05, 4.69) is 26.6 Å². The van der Waals surface area contributed by atoms with E-state index in [1.54, 1.807) is 0 Å². The van der Waals surface area contributed by atoms with Crippen LogP contribution >= 0.6 is 0 Å². The van der Waals surface area contributed by atoms with Gasteiger partial charge in [-0.3, -0.25) is 24.0 Å². The third kappa shape index (κ3) is 13.8. The van der Waals surface area contributed by atoms with Crippen molar-refractivity contribution in [3.63, 3.8) is 0 Å². The van der Waals surface area contributed by atoms with Gasteiger partial charge in [-0.15, -0.1) is 0 Å². The average molecular weight is 1030 g/mol. The van der Waals surface area contributed by atoms with Crippen LogP contribution in [0, 0.1) is 0 Å². The first-order valence-electron chi connectivity index (χ1n) is 22.5. The Kier molecular flexibility index (Phi) is 21.1. The molecule has 0 aromatic rings. The van der Waals surface area contributed by atoms with Crippen molar-refractivity contribution in [1.82, 2.24) is 26.6 Å². The maximum absolute atomic E-state index is 12.6. The monoisotopic (exact) mass is 1030 g/mol. The molecule has 5 amide bonds. The second-order valence-electron chi connectivity index (χ2n) is 17.7. The summed E-state index contributed by atoms with van der Waals surface area (Å²) in [7, 11) is 0. The van der Waals surface area contributed by atoms with Gasteiger partial charge in [-0.25, -0.2) is 0 Å². The molecule has 25 atom stereocenters. The summed E-state index contributed by atoms with van der Waals surface area (Å²) >= 11 is 0. The third-order valence-electron chi connectivity index (χ3n) is 12.3. The molecule has 5 saturated heterocycles. The van der Waals surface area contributed by atoms with Crippen LogP contribution in [0.5, 0.6) is 0 Å². The summed E-state index contributed by atoms with van der Waals surface area (Å²) in [5.41, 5.74) is 0. The number of ether oxygens (including phenoxy) is 9. The number of amides is 5. The number of hydrogen-bond donors (Lipinski definition) is 17. The van der Waals surface area contributed by atoms with Crippen LogP contribution in [0.2, 0.25) is 0 Å². The van der Waals surface area contributed by atoms with Crippen LogP contribution in [-0.4, -0.2) is 277 Å². The van der Waals surface area contributed by atoms with Gasteiger partial charge in [0.05, 0.1) is 33.0 Å². The maximum Gasteiger partial charge on any atom is 0.217 e. The highest BCUT2D eigenvalue weighted by atomic mass is 16.8. The molecule has 0 saturated carbocycles. The van der Waals surface area contributed by atoms with Crippen LogP contribution < -0.4 is 26.6 Å². The SMILES string of the molecule is CC(=O)N[C@@H]1[C@@H](O[C@@H]2O[C@H](CO)[C@@H](O[C@@H]3O[C@H](CO)[C@H](O)[C@H](O)[C@H]3NC(C)=O)[C@H](O)[C@H]2NC(C)=O)[C@@H](O)[C@@H](CO[C@@H]2O[C@H](CO)[C@@H](O[C@@H]3O[C@H](CO)[C@H](O)[C@H](O)[C@H]3NC(C)=O)[C@H](O)[C@H]2NC(C)=O)O[C@@H]1O. The molecule has 0 spiro atoms. The minimum Gasteiger partial charge on any atom is -0.394 e. The van der Waals surface area contributed by atoms with E-state index in [-0.39, 0.29) is 0 Å². The Hall–Kier alpha value is -3.49. The van der Waals surface area contributed by atoms with Crippen molar-refractivity contribution in [2.24, 2.45) is 0 Å². The lowest BCUT2D eigenvalue weighted by Crippen LogP contribution is -2.71. The molecule has 31 nitrogen and oxygen atoms in total. The van der Waals surface area contributed by atoms with Crippen molar-refractivity contribution in [2.75, 3.05) is 33.0 Å². The number of nitrogens with one attached hydrogen (secondary N) is 5. The van der Waals surface area contributed by atoms with Gasteiger partial charge in [-0.05, 0) is 0 Å². The highest BCUT2D eigenvalue weighted by Crippen LogP contribution is 2.34. The van der Waals surface area contributed by atoms with Crippen LogP contribution in [0.25, 0.3) is 0 Å². The summed E-state index contributed by atoms with van der Waals surface area (Å²) in [6.45, 7) is 0.986. The van der Waals surface area contributed by atoms with Gasteiger partial charge in [0.15, 0.2) is 31.5 Å². The molecule has 5 rings (SSSR count). The highest BCUT2D eigenvalue weighted by molar-refractivity contribution is 5.75. The van der Waals surface area contributed by atoms with Crippen LogP contribution in [0.4, 0.5) is 0 Å². The van der Waals surface area contributed by atoms with Crippen LogP contribution in [-0.2, 0) is 66.6 Å². The average Bonchev–Trinajstić information content (AvgIpc) is 3.30. The van der Waals surface area contributed by atoms with Crippen molar-refractivity contribution in [2.45, 2.75) is 188 Å². The minimum atomic E-state index is -2.04. The lowest BCUT2D eigenvalue weighted by Gasteiger charge is -2.50. The number of carbonyl (C=O) groups excluding carboxylic acids is 5. The predicted molar refractivity (Wildman–Crippen MR) is 225 cm³/mol. The summed E-state index contributed by atoms with van der Waals surface area (Å²) in [5.74, 6) is -3.74. The van der Waals surface area contributed by atoms with Gasteiger partial charge in [0, 0.05) is 34.6 Å². The van der Waals surface area contributed by atoms with Gasteiger partial charge in [0.1, 0.15) is 122 Å². The van der Waals surface area contributed by atoms with E-state index in [0.717, 1.165) is 34.6 Å². The van der Waals surface area contributed by atoms with Crippen LogP contribution in [0.1, 0.15) is 34.6 Å². The lowest BCUT2D eigenvalue weighted by molar-refractivity contribution is -0.353. The normalized spacial score (nSPS) is 43.9. The standard InChI is InChI=1S/C40H67N5O26/c1-11(50)41-21-29(58)26(55)16(6-46)65-38(21)69-33-18(8-48)67-37(23(31(33)60)43-13(3)52)63-10-20-28(57)35(25(36(62)64-20)45-15(5)54)71-40-24(44-14(4)53)32(61)34(19(9-49)68-40)70-39-22(42-12(2)51)30(59)27(56)17(7-47)66-39/h16-40,46-49,55-62H,6-10H2,1-5H3,(H,41,50)(H,42,51)(H,43,52)(H,44,53)(H,45,54)/t16-,17-,18-,19-,20-,21-,22-,23-,24-,25-,26+,27+,28+,29-,30-,31-,32-,33-,34-,35-,36+,37-,38+,39+,40+/m1/s1. The largest absolute Gasteiger partial charge is 0.394 e. The van der Waals surface area contributed by atoms with Gasteiger partial charge in [0.25, 0.3) is 0 Å². The topological polar surface area (TPSA) is 471 Å². The zero-order valence-corrected chi connectivity index (χ0v) is 39.1. The summed E-state index contributed by atoms with van der Waals surface area (Å²) in [5, 5.41) is 142. The molecule has 0 radical (unpaired) electrons. The fraction of sp³-hybridized carbons (Fsp3) is 0.875. The fourth-order valence-electron chi connectivity index (χ4n) is 8.95.